The Balaban J connectivity index is 1.58. The maximum absolute atomic E-state index is 12.1. The largest absolute Gasteiger partial charge is 0.451 e. The van der Waals surface area contributed by atoms with Crippen LogP contribution in [-0.4, -0.2) is 40.0 Å². The monoisotopic (exact) mass is 379 g/mol. The number of rotatable bonds is 6. The second kappa shape index (κ2) is 7.58. The van der Waals surface area contributed by atoms with Crippen molar-refractivity contribution < 1.29 is 13.9 Å². The van der Waals surface area contributed by atoms with E-state index in [1.807, 2.05) is 17.5 Å². The van der Waals surface area contributed by atoms with Crippen molar-refractivity contribution in [2.75, 3.05) is 18.5 Å². The first-order chi connectivity index (χ1) is 12.0. The van der Waals surface area contributed by atoms with Crippen LogP contribution in [0, 0.1) is 0 Å². The van der Waals surface area contributed by atoms with Gasteiger partial charge in [-0.1, -0.05) is 17.7 Å². The molecule has 8 nitrogen and oxygen atoms in total. The first-order valence-corrected chi connectivity index (χ1v) is 8.56. The normalized spacial score (nSPS) is 12.0. The van der Waals surface area contributed by atoms with Gasteiger partial charge in [0.25, 0.3) is 11.8 Å². The van der Waals surface area contributed by atoms with Gasteiger partial charge < -0.3 is 14.1 Å². The van der Waals surface area contributed by atoms with Crippen molar-refractivity contribution in [3.8, 4) is 10.8 Å². The molecular formula is C15H14ClN5O3S. The van der Waals surface area contributed by atoms with E-state index in [1.165, 1.54) is 11.3 Å². The number of carbonyl (C=O) groups is 1. The highest BCUT2D eigenvalue weighted by atomic mass is 35.5. The third-order valence-electron chi connectivity index (χ3n) is 3.20. The number of anilines is 1. The average molecular weight is 380 g/mol. The van der Waals surface area contributed by atoms with Crippen molar-refractivity contribution in [2.45, 2.75) is 13.0 Å². The fraction of sp³-hybridized carbons (Fsp3) is 0.267. The molecule has 0 aliphatic rings. The van der Waals surface area contributed by atoms with E-state index in [9.17, 15) is 4.79 Å². The predicted molar refractivity (Wildman–Crippen MR) is 92.4 cm³/mol. The first-order valence-electron chi connectivity index (χ1n) is 7.30. The number of thiophene rings is 1. The first kappa shape index (κ1) is 17.3. The summed E-state index contributed by atoms with van der Waals surface area (Å²) in [5, 5.41) is 17.7. The van der Waals surface area contributed by atoms with Gasteiger partial charge in [0.1, 0.15) is 6.54 Å². The Morgan fingerprint density at radius 1 is 1.32 bits per heavy atom. The fourth-order valence-corrected chi connectivity index (χ4v) is 2.72. The van der Waals surface area contributed by atoms with Gasteiger partial charge in [-0.05, 0) is 30.5 Å². The summed E-state index contributed by atoms with van der Waals surface area (Å²) in [5.41, 5.74) is 0. The quantitative estimate of drug-likeness (QED) is 0.603. The molecule has 0 spiro atoms. The zero-order valence-corrected chi connectivity index (χ0v) is 15.0. The van der Waals surface area contributed by atoms with Crippen LogP contribution in [-0.2, 0) is 9.53 Å². The highest BCUT2D eigenvalue weighted by Gasteiger charge is 2.20. The molecule has 0 fully saturated rings. The molecule has 0 aliphatic heterocycles. The van der Waals surface area contributed by atoms with Gasteiger partial charge in [-0.25, -0.2) is 0 Å². The van der Waals surface area contributed by atoms with Crippen molar-refractivity contribution in [1.29, 1.82) is 0 Å². The minimum absolute atomic E-state index is 0.00737. The van der Waals surface area contributed by atoms with E-state index in [2.05, 4.69) is 20.4 Å². The molecule has 25 heavy (non-hydrogen) atoms. The molecule has 0 saturated carbocycles. The Morgan fingerprint density at radius 3 is 2.84 bits per heavy atom. The summed E-state index contributed by atoms with van der Waals surface area (Å²) in [7, 11) is 1.70. The van der Waals surface area contributed by atoms with Crippen LogP contribution < -0.4 is 4.90 Å². The van der Waals surface area contributed by atoms with Gasteiger partial charge >= 0.3 is 5.97 Å². The lowest BCUT2D eigenvalue weighted by Gasteiger charge is -2.17. The van der Waals surface area contributed by atoms with Crippen LogP contribution in [0.2, 0.25) is 5.15 Å². The molecule has 3 heterocycles. The van der Waals surface area contributed by atoms with Crippen LogP contribution in [0.3, 0.4) is 0 Å². The lowest BCUT2D eigenvalue weighted by molar-refractivity contribution is -0.147. The molecule has 130 valence electrons. The number of carbonyl (C=O) groups excluding carboxylic acids is 1. The second-order valence-electron chi connectivity index (χ2n) is 5.13. The highest BCUT2D eigenvalue weighted by Crippen LogP contribution is 2.25. The fourth-order valence-electron chi connectivity index (χ4n) is 1.97. The SMILES string of the molecule is CC(OC(=O)CN(C)c1ccc(Cl)nn1)c1nnc(-c2cccs2)o1. The van der Waals surface area contributed by atoms with Gasteiger partial charge in [0.05, 0.1) is 4.88 Å². The zero-order valence-electron chi connectivity index (χ0n) is 13.4. The summed E-state index contributed by atoms with van der Waals surface area (Å²) in [6.07, 6.45) is -0.654. The predicted octanol–water partition coefficient (Wildman–Crippen LogP) is 2.98. The highest BCUT2D eigenvalue weighted by molar-refractivity contribution is 7.13. The van der Waals surface area contributed by atoms with Crippen molar-refractivity contribution in [3.05, 3.63) is 40.7 Å². The van der Waals surface area contributed by atoms with E-state index in [-0.39, 0.29) is 17.6 Å². The topological polar surface area (TPSA) is 94.2 Å². The third kappa shape index (κ3) is 4.31. The van der Waals surface area contributed by atoms with Crippen molar-refractivity contribution in [3.63, 3.8) is 0 Å². The van der Waals surface area contributed by atoms with Crippen LogP contribution in [0.15, 0.2) is 34.1 Å². The summed E-state index contributed by atoms with van der Waals surface area (Å²) in [6.45, 7) is 1.66. The van der Waals surface area contributed by atoms with Crippen LogP contribution in [0.25, 0.3) is 10.8 Å². The van der Waals surface area contributed by atoms with Crippen molar-refractivity contribution >= 4 is 34.7 Å². The maximum Gasteiger partial charge on any atom is 0.326 e. The van der Waals surface area contributed by atoms with E-state index in [0.29, 0.717) is 11.7 Å². The molecule has 0 aromatic carbocycles. The summed E-state index contributed by atoms with van der Waals surface area (Å²) in [5.74, 6) is 0.696. The minimum Gasteiger partial charge on any atom is -0.451 e. The number of esters is 1. The molecule has 0 bridgehead atoms. The lowest BCUT2D eigenvalue weighted by Crippen LogP contribution is -2.28. The Kier molecular flexibility index (Phi) is 5.25. The molecule has 0 radical (unpaired) electrons. The molecule has 0 aliphatic carbocycles. The van der Waals surface area contributed by atoms with Gasteiger partial charge in [-0.2, -0.15) is 0 Å². The standard InChI is InChI=1S/C15H14ClN5O3S/c1-9(14-19-20-15(24-14)10-4-3-7-25-10)23-13(22)8-21(2)12-6-5-11(16)17-18-12/h3-7,9H,8H2,1-2H3. The third-order valence-corrected chi connectivity index (χ3v) is 4.26. The van der Waals surface area contributed by atoms with Gasteiger partial charge in [0.2, 0.25) is 0 Å². The Labute approximate surface area is 152 Å². The van der Waals surface area contributed by atoms with E-state index in [4.69, 9.17) is 20.8 Å². The number of halogens is 1. The Bertz CT molecular complexity index is 837. The number of likely N-dealkylation sites (N-methyl/N-ethyl adjacent to an activating group) is 1. The van der Waals surface area contributed by atoms with E-state index in [0.717, 1.165) is 4.88 Å². The van der Waals surface area contributed by atoms with E-state index < -0.39 is 12.1 Å². The molecule has 10 heteroatoms. The van der Waals surface area contributed by atoms with Crippen molar-refractivity contribution in [1.82, 2.24) is 20.4 Å². The molecule has 0 amide bonds. The smallest absolute Gasteiger partial charge is 0.326 e. The zero-order chi connectivity index (χ0) is 17.8. The van der Waals surface area contributed by atoms with Crippen LogP contribution in [0.5, 0.6) is 0 Å². The summed E-state index contributed by atoms with van der Waals surface area (Å²) >= 11 is 7.18. The summed E-state index contributed by atoms with van der Waals surface area (Å²) < 4.78 is 10.9. The van der Waals surface area contributed by atoms with Gasteiger partial charge in [-0.15, -0.1) is 31.7 Å². The van der Waals surface area contributed by atoms with Crippen LogP contribution in [0.4, 0.5) is 5.82 Å². The molecular weight excluding hydrogens is 366 g/mol. The lowest BCUT2D eigenvalue weighted by atomic mass is 10.4. The van der Waals surface area contributed by atoms with Crippen LogP contribution >= 0.6 is 22.9 Å². The number of hydrogen-bond acceptors (Lipinski definition) is 9. The Hall–Kier alpha value is -2.52. The van der Waals surface area contributed by atoms with E-state index in [1.54, 1.807) is 31.0 Å². The average Bonchev–Trinajstić information content (AvgIpc) is 3.26. The van der Waals surface area contributed by atoms with Crippen LogP contribution in [0.1, 0.15) is 18.9 Å². The van der Waals surface area contributed by atoms with Gasteiger partial charge in [0, 0.05) is 7.05 Å². The van der Waals surface area contributed by atoms with Crippen molar-refractivity contribution in [2.24, 2.45) is 0 Å². The maximum atomic E-state index is 12.1. The number of nitrogens with zero attached hydrogens (tertiary/aromatic N) is 5. The molecule has 3 rings (SSSR count). The number of hydrogen-bond donors (Lipinski definition) is 0. The minimum atomic E-state index is -0.654. The van der Waals surface area contributed by atoms with Gasteiger partial charge in [0.15, 0.2) is 17.1 Å². The van der Waals surface area contributed by atoms with Gasteiger partial charge in [-0.3, -0.25) is 4.79 Å². The molecule has 1 atom stereocenters. The van der Waals surface area contributed by atoms with E-state index >= 15 is 0 Å². The molecule has 3 aromatic heterocycles. The molecule has 0 N–H and O–H groups in total. The summed E-state index contributed by atoms with van der Waals surface area (Å²) in [6, 6.07) is 7.03. The number of ether oxygens (including phenoxy) is 1. The Morgan fingerprint density at radius 2 is 2.16 bits per heavy atom. The molecule has 0 saturated heterocycles. The number of aromatic nitrogens is 4. The molecule has 3 aromatic rings. The second-order valence-corrected chi connectivity index (χ2v) is 6.46. The summed E-state index contributed by atoms with van der Waals surface area (Å²) in [4.78, 5) is 14.5. The molecule has 1 unspecified atom stereocenters.